The molecule has 4 heteroatoms. The summed E-state index contributed by atoms with van der Waals surface area (Å²) in [6, 6.07) is 94.0. The summed E-state index contributed by atoms with van der Waals surface area (Å²) in [7, 11) is -2.83. The summed E-state index contributed by atoms with van der Waals surface area (Å²) in [5, 5.41) is 18.7. The molecule has 0 atom stereocenters. The third-order valence-electron chi connectivity index (χ3n) is 15.1. The zero-order valence-corrected chi connectivity index (χ0v) is 40.6. The van der Waals surface area contributed by atoms with Gasteiger partial charge in [0.05, 0.1) is 10.4 Å². The monoisotopic (exact) mass is 939 g/mol. The van der Waals surface area contributed by atoms with Gasteiger partial charge in [-0.05, 0) is 124 Å². The van der Waals surface area contributed by atoms with Gasteiger partial charge in [-0.1, -0.05) is 200 Å². The molecular weight excluding hydrogens is 899 g/mol. The lowest BCUT2D eigenvalue weighted by Crippen LogP contribution is -2.72. The first-order valence-electron chi connectivity index (χ1n) is 24.1. The molecule has 15 rings (SSSR count). The summed E-state index contributed by atoms with van der Waals surface area (Å²) in [6.45, 7) is 0. The van der Waals surface area contributed by atoms with Crippen molar-refractivity contribution in [3.63, 3.8) is 0 Å². The van der Waals surface area contributed by atoms with Gasteiger partial charge in [0.15, 0.2) is 8.07 Å². The lowest BCUT2D eigenvalue weighted by Gasteiger charge is -2.31. The molecule has 0 aliphatic carbocycles. The van der Waals surface area contributed by atoms with E-state index >= 15 is 0 Å². The molecule has 1 aliphatic heterocycles. The molecule has 0 saturated heterocycles. The predicted octanol–water partition coefficient (Wildman–Crippen LogP) is 16.4. The van der Waals surface area contributed by atoms with Crippen molar-refractivity contribution in [2.45, 2.75) is 0 Å². The summed E-state index contributed by atoms with van der Waals surface area (Å²) < 4.78 is 5.26. The molecule has 12 aromatic carbocycles. The highest BCUT2D eigenvalue weighted by molar-refractivity contribution is 7.27. The van der Waals surface area contributed by atoms with Crippen LogP contribution in [0.25, 0.3) is 94.9 Å². The van der Waals surface area contributed by atoms with E-state index in [0.717, 1.165) is 11.4 Å². The Kier molecular flexibility index (Phi) is 8.79. The van der Waals surface area contributed by atoms with Gasteiger partial charge in [0, 0.05) is 47.0 Å². The number of benzene rings is 12. The highest BCUT2D eigenvalue weighted by atomic mass is 32.1. The van der Waals surface area contributed by atoms with Crippen LogP contribution >= 0.6 is 22.7 Å². The molecule has 1 aliphatic rings. The van der Waals surface area contributed by atoms with Crippen molar-refractivity contribution in [2.24, 2.45) is 0 Å². The molecule has 0 unspecified atom stereocenters. The lowest BCUT2D eigenvalue weighted by atomic mass is 9.94. The van der Waals surface area contributed by atoms with E-state index in [0.29, 0.717) is 0 Å². The summed E-state index contributed by atoms with van der Waals surface area (Å²) in [4.78, 5) is 2.51. The van der Waals surface area contributed by atoms with E-state index < -0.39 is 8.07 Å². The number of thiophene rings is 2. The fourth-order valence-electron chi connectivity index (χ4n) is 12.2. The van der Waals surface area contributed by atoms with Crippen LogP contribution in [0.2, 0.25) is 0 Å². The quantitative estimate of drug-likeness (QED) is 0.119. The highest BCUT2D eigenvalue weighted by Gasteiger charge is 2.49. The van der Waals surface area contributed by atoms with Gasteiger partial charge in [-0.3, -0.25) is 0 Å². The Bertz CT molecular complexity index is 4360. The molecule has 14 aromatic rings. The third-order valence-corrected chi connectivity index (χ3v) is 22.3. The SMILES string of the molecule is c1ccc([Si]2(c3ccccc3)c3cc(-c4cccc(N(c5ccc6c7ccccc7c7ccccc7c6c5)c5cccc6c5sc5ccccc56)c4)ccc3-c3c2ccc2sc4ccccc4c32)cc1. The van der Waals surface area contributed by atoms with Gasteiger partial charge in [0.1, 0.15) is 0 Å². The fraction of sp³-hybridized carbons (Fsp3) is 0. The Morgan fingerprint density at radius 1 is 0.314 bits per heavy atom. The number of anilines is 3. The van der Waals surface area contributed by atoms with Crippen molar-refractivity contribution in [3.05, 3.63) is 249 Å². The molecule has 0 radical (unpaired) electrons. The van der Waals surface area contributed by atoms with E-state index in [1.165, 1.54) is 121 Å². The van der Waals surface area contributed by atoms with Crippen molar-refractivity contribution in [1.82, 2.24) is 0 Å². The van der Waals surface area contributed by atoms with Crippen molar-refractivity contribution in [3.8, 4) is 22.3 Å². The Labute approximate surface area is 414 Å². The Balaban J connectivity index is 0.980. The van der Waals surface area contributed by atoms with Crippen LogP contribution in [0.1, 0.15) is 0 Å². The largest absolute Gasteiger partial charge is 0.309 e. The third kappa shape index (κ3) is 5.70. The van der Waals surface area contributed by atoms with Gasteiger partial charge < -0.3 is 4.90 Å². The van der Waals surface area contributed by atoms with E-state index in [1.54, 1.807) is 0 Å². The van der Waals surface area contributed by atoms with Crippen molar-refractivity contribution in [2.75, 3.05) is 4.90 Å². The first kappa shape index (κ1) is 39.8. The number of nitrogens with zero attached hydrogens (tertiary/aromatic N) is 1. The maximum atomic E-state index is 2.57. The zero-order chi connectivity index (χ0) is 45.9. The van der Waals surface area contributed by atoms with Crippen LogP contribution in [0, 0.1) is 0 Å². The first-order chi connectivity index (χ1) is 34.7. The Morgan fingerprint density at radius 3 is 1.59 bits per heavy atom. The molecule has 2 aromatic heterocycles. The minimum Gasteiger partial charge on any atom is -0.309 e. The van der Waals surface area contributed by atoms with Crippen LogP contribution < -0.4 is 25.6 Å². The minimum atomic E-state index is -2.83. The summed E-state index contributed by atoms with van der Waals surface area (Å²) in [6.07, 6.45) is 0. The van der Waals surface area contributed by atoms with Gasteiger partial charge in [-0.25, -0.2) is 0 Å². The molecular formula is C66H41NS2Si. The smallest absolute Gasteiger partial charge is 0.180 e. The average molecular weight is 940 g/mol. The molecule has 0 spiro atoms. The van der Waals surface area contributed by atoms with Crippen LogP contribution in [-0.2, 0) is 0 Å². The van der Waals surface area contributed by atoms with E-state index in [9.17, 15) is 0 Å². The van der Waals surface area contributed by atoms with Gasteiger partial charge >= 0.3 is 0 Å². The van der Waals surface area contributed by atoms with E-state index in [4.69, 9.17) is 0 Å². The van der Waals surface area contributed by atoms with Gasteiger partial charge in [0.2, 0.25) is 0 Å². The summed E-state index contributed by atoms with van der Waals surface area (Å²) in [5.74, 6) is 0. The molecule has 0 fully saturated rings. The Morgan fingerprint density at radius 2 is 0.871 bits per heavy atom. The number of hydrogen-bond acceptors (Lipinski definition) is 3. The first-order valence-corrected chi connectivity index (χ1v) is 27.7. The molecule has 0 amide bonds. The highest BCUT2D eigenvalue weighted by Crippen LogP contribution is 2.48. The molecule has 0 saturated carbocycles. The molecule has 3 heterocycles. The van der Waals surface area contributed by atoms with Crippen LogP contribution in [0.4, 0.5) is 17.1 Å². The van der Waals surface area contributed by atoms with Crippen LogP contribution in [0.5, 0.6) is 0 Å². The van der Waals surface area contributed by atoms with Crippen molar-refractivity contribution in [1.29, 1.82) is 0 Å². The van der Waals surface area contributed by atoms with Crippen molar-refractivity contribution < 1.29 is 0 Å². The van der Waals surface area contributed by atoms with Gasteiger partial charge in [-0.2, -0.15) is 0 Å². The van der Waals surface area contributed by atoms with Crippen LogP contribution in [0.15, 0.2) is 249 Å². The maximum absolute atomic E-state index is 2.83. The van der Waals surface area contributed by atoms with E-state index in [-0.39, 0.29) is 0 Å². The second-order valence-corrected chi connectivity index (χ2v) is 24.5. The lowest BCUT2D eigenvalue weighted by molar-refractivity contribution is 1.31. The number of fused-ring (bicyclic) bond motifs is 16. The molecule has 1 nitrogen and oxygen atoms in total. The zero-order valence-electron chi connectivity index (χ0n) is 37.9. The van der Waals surface area contributed by atoms with Crippen molar-refractivity contribution >= 4 is 141 Å². The van der Waals surface area contributed by atoms with E-state index in [2.05, 4.69) is 254 Å². The molecule has 0 bridgehead atoms. The van der Waals surface area contributed by atoms with Gasteiger partial charge in [0.25, 0.3) is 0 Å². The Hall–Kier alpha value is -8.12. The fourth-order valence-corrected chi connectivity index (χ4v) is 19.7. The molecule has 0 N–H and O–H groups in total. The normalized spacial score (nSPS) is 13.0. The maximum Gasteiger partial charge on any atom is 0.180 e. The number of rotatable bonds is 6. The second kappa shape index (κ2) is 15.4. The topological polar surface area (TPSA) is 3.24 Å². The minimum absolute atomic E-state index is 1.12. The standard InChI is InChI=1S/C66H41NS2Si/c1-3-19-46(20-4-1)70(47-21-5-2-6-22-47)62-38-37-61-64(55-28-12-14-32-60(55)68-61)65(62)56-35-33-43(40-63(56)70)42-17-15-18-44(39-42)67(58-30-16-29-54-53-27-11-13-31-59(53)69-66(54)58)45-34-36-52-50-25-8-7-23-48(50)49-24-9-10-26-51(49)57(52)41-45/h1-41H. The predicted molar refractivity (Wildman–Crippen MR) is 307 cm³/mol. The summed E-state index contributed by atoms with van der Waals surface area (Å²) in [5.41, 5.74) is 8.61. The summed E-state index contributed by atoms with van der Waals surface area (Å²) >= 11 is 3.79. The van der Waals surface area contributed by atoms with Crippen LogP contribution in [0.3, 0.4) is 0 Å². The molecule has 326 valence electrons. The van der Waals surface area contributed by atoms with Crippen LogP contribution in [-0.4, -0.2) is 8.07 Å². The molecule has 70 heavy (non-hydrogen) atoms. The average Bonchev–Trinajstić information content (AvgIpc) is 4.10. The van der Waals surface area contributed by atoms with E-state index in [1.807, 2.05) is 22.7 Å². The number of hydrogen-bond donors (Lipinski definition) is 0. The second-order valence-electron chi connectivity index (χ2n) is 18.7. The van der Waals surface area contributed by atoms with Gasteiger partial charge in [-0.15, -0.1) is 22.7 Å².